The number of nitrogens with zero attached hydrogens (tertiary/aromatic N) is 1. The van der Waals surface area contributed by atoms with Gasteiger partial charge in [0.25, 0.3) is 0 Å². The van der Waals surface area contributed by atoms with E-state index >= 15 is 0 Å². The van der Waals surface area contributed by atoms with Crippen molar-refractivity contribution >= 4 is 0 Å². The van der Waals surface area contributed by atoms with E-state index in [0.29, 0.717) is 0 Å². The molecule has 1 saturated heterocycles. The third-order valence-electron chi connectivity index (χ3n) is 4.28. The van der Waals surface area contributed by atoms with Crippen molar-refractivity contribution in [1.29, 1.82) is 0 Å². The lowest BCUT2D eigenvalue weighted by atomic mass is 9.92. The fourth-order valence-electron chi connectivity index (χ4n) is 3.12. The van der Waals surface area contributed by atoms with Crippen LogP contribution in [0.25, 0.3) is 0 Å². The summed E-state index contributed by atoms with van der Waals surface area (Å²) in [6.45, 7) is 6.37. The Bertz CT molecular complexity index is 430. The van der Waals surface area contributed by atoms with Gasteiger partial charge in [-0.3, -0.25) is 4.90 Å². The van der Waals surface area contributed by atoms with Gasteiger partial charge in [-0.25, -0.2) is 4.39 Å². The minimum atomic E-state index is -0.132. The Morgan fingerprint density at radius 2 is 2.28 bits per heavy atom. The van der Waals surface area contributed by atoms with Gasteiger partial charge in [0.15, 0.2) is 0 Å². The highest BCUT2D eigenvalue weighted by Crippen LogP contribution is 2.40. The SMILES string of the molecule is CC1(C2CC2)CN(Cc2cccc(F)c2)CCN1. The largest absolute Gasteiger partial charge is 0.309 e. The van der Waals surface area contributed by atoms with Crippen LogP contribution in [0, 0.1) is 11.7 Å². The van der Waals surface area contributed by atoms with Crippen LogP contribution in [0.1, 0.15) is 25.3 Å². The van der Waals surface area contributed by atoms with Crippen molar-refractivity contribution in [2.24, 2.45) is 5.92 Å². The number of piperazine rings is 1. The van der Waals surface area contributed by atoms with E-state index in [1.807, 2.05) is 6.07 Å². The second kappa shape index (κ2) is 4.63. The lowest BCUT2D eigenvalue weighted by Gasteiger charge is -2.42. The monoisotopic (exact) mass is 248 g/mol. The number of rotatable bonds is 3. The third kappa shape index (κ3) is 2.57. The smallest absolute Gasteiger partial charge is 0.123 e. The van der Waals surface area contributed by atoms with Gasteiger partial charge in [0.05, 0.1) is 0 Å². The second-order valence-corrected chi connectivity index (χ2v) is 5.96. The van der Waals surface area contributed by atoms with Crippen LogP contribution in [0.4, 0.5) is 4.39 Å². The first-order valence-electron chi connectivity index (χ1n) is 6.87. The van der Waals surface area contributed by atoms with E-state index in [2.05, 4.69) is 17.1 Å². The van der Waals surface area contributed by atoms with Gasteiger partial charge in [-0.2, -0.15) is 0 Å². The molecule has 1 N–H and O–H groups in total. The van der Waals surface area contributed by atoms with E-state index in [4.69, 9.17) is 0 Å². The predicted octanol–water partition coefficient (Wildman–Crippen LogP) is 2.40. The number of nitrogens with one attached hydrogen (secondary N) is 1. The molecule has 2 aliphatic rings. The number of hydrogen-bond acceptors (Lipinski definition) is 2. The van der Waals surface area contributed by atoms with Gasteiger partial charge >= 0.3 is 0 Å². The summed E-state index contributed by atoms with van der Waals surface area (Å²) < 4.78 is 13.2. The molecule has 1 atom stereocenters. The maximum atomic E-state index is 13.2. The van der Waals surface area contributed by atoms with Gasteiger partial charge in [-0.15, -0.1) is 0 Å². The first kappa shape index (κ1) is 12.1. The van der Waals surface area contributed by atoms with Crippen LogP contribution in [0.15, 0.2) is 24.3 Å². The highest BCUT2D eigenvalue weighted by Gasteiger charge is 2.43. The van der Waals surface area contributed by atoms with Crippen molar-refractivity contribution in [2.75, 3.05) is 19.6 Å². The van der Waals surface area contributed by atoms with Crippen LogP contribution in [0.3, 0.4) is 0 Å². The van der Waals surface area contributed by atoms with Crippen molar-refractivity contribution in [3.8, 4) is 0 Å². The first-order valence-corrected chi connectivity index (χ1v) is 6.87. The molecule has 3 rings (SSSR count). The van der Waals surface area contributed by atoms with Crippen LogP contribution in [0.5, 0.6) is 0 Å². The Hall–Kier alpha value is -0.930. The van der Waals surface area contributed by atoms with E-state index in [-0.39, 0.29) is 11.4 Å². The normalized spacial score (nSPS) is 29.4. The third-order valence-corrected chi connectivity index (χ3v) is 4.28. The van der Waals surface area contributed by atoms with Gasteiger partial charge in [0.2, 0.25) is 0 Å². The highest BCUT2D eigenvalue weighted by atomic mass is 19.1. The summed E-state index contributed by atoms with van der Waals surface area (Å²) in [5.41, 5.74) is 1.35. The molecule has 3 heteroatoms. The molecule has 0 aromatic heterocycles. The van der Waals surface area contributed by atoms with E-state index in [1.165, 1.54) is 18.9 Å². The van der Waals surface area contributed by atoms with Crippen LogP contribution < -0.4 is 5.32 Å². The summed E-state index contributed by atoms with van der Waals surface area (Å²) in [5, 5.41) is 3.67. The van der Waals surface area contributed by atoms with Gasteiger partial charge < -0.3 is 5.32 Å². The molecule has 0 radical (unpaired) electrons. The summed E-state index contributed by atoms with van der Waals surface area (Å²) in [4.78, 5) is 2.45. The molecular weight excluding hydrogens is 227 g/mol. The van der Waals surface area contributed by atoms with Crippen molar-refractivity contribution in [3.05, 3.63) is 35.6 Å². The zero-order valence-corrected chi connectivity index (χ0v) is 11.0. The molecule has 1 aliphatic carbocycles. The molecule has 98 valence electrons. The van der Waals surface area contributed by atoms with E-state index in [9.17, 15) is 4.39 Å². The number of benzene rings is 1. The van der Waals surface area contributed by atoms with Crippen LogP contribution in [-0.2, 0) is 6.54 Å². The molecule has 2 fully saturated rings. The molecular formula is C15H21FN2. The van der Waals surface area contributed by atoms with Gasteiger partial charge in [-0.05, 0) is 43.4 Å². The molecule has 2 nitrogen and oxygen atoms in total. The lowest BCUT2D eigenvalue weighted by molar-refractivity contribution is 0.121. The lowest BCUT2D eigenvalue weighted by Crippen LogP contribution is -2.59. The quantitative estimate of drug-likeness (QED) is 0.883. The Kier molecular flexibility index (Phi) is 3.12. The molecule has 0 amide bonds. The second-order valence-electron chi connectivity index (χ2n) is 5.96. The molecule has 0 spiro atoms. The summed E-state index contributed by atoms with van der Waals surface area (Å²) >= 11 is 0. The molecule has 1 unspecified atom stereocenters. The topological polar surface area (TPSA) is 15.3 Å². The Morgan fingerprint density at radius 1 is 1.44 bits per heavy atom. The maximum Gasteiger partial charge on any atom is 0.123 e. The fraction of sp³-hybridized carbons (Fsp3) is 0.600. The summed E-state index contributed by atoms with van der Waals surface area (Å²) in [6.07, 6.45) is 2.72. The van der Waals surface area contributed by atoms with E-state index in [0.717, 1.165) is 37.7 Å². The number of halogens is 1. The average molecular weight is 248 g/mol. The van der Waals surface area contributed by atoms with Crippen molar-refractivity contribution < 1.29 is 4.39 Å². The van der Waals surface area contributed by atoms with Gasteiger partial charge in [0, 0.05) is 31.7 Å². The Balaban J connectivity index is 1.66. The van der Waals surface area contributed by atoms with Crippen molar-refractivity contribution in [1.82, 2.24) is 10.2 Å². The molecule has 18 heavy (non-hydrogen) atoms. The molecule has 1 aromatic rings. The average Bonchev–Trinajstić information content (AvgIpc) is 3.13. The maximum absolute atomic E-state index is 13.2. The van der Waals surface area contributed by atoms with Crippen LogP contribution >= 0.6 is 0 Å². The highest BCUT2D eigenvalue weighted by molar-refractivity contribution is 5.16. The van der Waals surface area contributed by atoms with Gasteiger partial charge in [0.1, 0.15) is 5.82 Å². The van der Waals surface area contributed by atoms with Crippen molar-refractivity contribution in [3.63, 3.8) is 0 Å². The molecule has 0 bridgehead atoms. The Labute approximate surface area is 108 Å². The summed E-state index contributed by atoms with van der Waals surface area (Å²) in [7, 11) is 0. The van der Waals surface area contributed by atoms with Crippen molar-refractivity contribution in [2.45, 2.75) is 31.8 Å². The molecule has 1 aromatic carbocycles. The standard InChI is InChI=1S/C15H21FN2/c1-15(13-5-6-13)11-18(8-7-17-15)10-12-3-2-4-14(16)9-12/h2-4,9,13,17H,5-8,10-11H2,1H3. The molecule has 1 heterocycles. The van der Waals surface area contributed by atoms with Gasteiger partial charge in [-0.1, -0.05) is 12.1 Å². The minimum absolute atomic E-state index is 0.132. The molecule has 1 saturated carbocycles. The van der Waals surface area contributed by atoms with E-state index < -0.39 is 0 Å². The number of hydrogen-bond donors (Lipinski definition) is 1. The van der Waals surface area contributed by atoms with Crippen LogP contribution in [0.2, 0.25) is 0 Å². The van der Waals surface area contributed by atoms with E-state index in [1.54, 1.807) is 12.1 Å². The first-order chi connectivity index (χ1) is 8.66. The zero-order valence-electron chi connectivity index (χ0n) is 11.0. The predicted molar refractivity (Wildman–Crippen MR) is 70.8 cm³/mol. The fourth-order valence-corrected chi connectivity index (χ4v) is 3.12. The summed E-state index contributed by atoms with van der Waals surface area (Å²) in [6, 6.07) is 6.97. The zero-order chi connectivity index (χ0) is 12.6. The minimum Gasteiger partial charge on any atom is -0.309 e. The Morgan fingerprint density at radius 3 is 3.00 bits per heavy atom. The van der Waals surface area contributed by atoms with Crippen LogP contribution in [-0.4, -0.2) is 30.1 Å². The summed E-state index contributed by atoms with van der Waals surface area (Å²) in [5.74, 6) is 0.709. The molecule has 1 aliphatic heterocycles.